The molecule has 2 fully saturated rings. The van der Waals surface area contributed by atoms with Crippen molar-refractivity contribution >= 4 is 34.8 Å². The monoisotopic (exact) mass is 702 g/mol. The van der Waals surface area contributed by atoms with Crippen LogP contribution in [-0.2, 0) is 19.1 Å². The summed E-state index contributed by atoms with van der Waals surface area (Å²) in [4.78, 5) is 60.1. The Labute approximate surface area is 296 Å². The van der Waals surface area contributed by atoms with Crippen molar-refractivity contribution in [2.75, 3.05) is 13.7 Å². The maximum Gasteiger partial charge on any atom is 0.408 e. The number of carbonyl (C=O) groups is 4. The van der Waals surface area contributed by atoms with Gasteiger partial charge in [-0.3, -0.25) is 9.59 Å². The smallest absolute Gasteiger partial charge is 0.408 e. The van der Waals surface area contributed by atoms with Gasteiger partial charge in [0.1, 0.15) is 40.8 Å². The van der Waals surface area contributed by atoms with E-state index in [0.717, 1.165) is 25.0 Å². The largest absolute Gasteiger partial charge is 0.497 e. The molecule has 272 valence electrons. The number of nitrogens with zero attached hydrogens (tertiary/aromatic N) is 4. The first-order valence-electron chi connectivity index (χ1n) is 17.5. The van der Waals surface area contributed by atoms with Crippen LogP contribution in [-0.4, -0.2) is 91.6 Å². The van der Waals surface area contributed by atoms with E-state index in [1.54, 1.807) is 57.0 Å². The minimum Gasteiger partial charge on any atom is -0.497 e. The summed E-state index contributed by atoms with van der Waals surface area (Å²) in [5.41, 5.74) is -0.843. The van der Waals surface area contributed by atoms with Gasteiger partial charge in [-0.15, -0.1) is 0 Å². The molecule has 0 radical (unpaired) electrons. The molecule has 6 rings (SSSR count). The highest BCUT2D eigenvalue weighted by Crippen LogP contribution is 2.45. The van der Waals surface area contributed by atoms with Crippen molar-refractivity contribution in [2.45, 2.75) is 102 Å². The van der Waals surface area contributed by atoms with Crippen molar-refractivity contribution in [1.82, 2.24) is 30.3 Å². The fourth-order valence-corrected chi connectivity index (χ4v) is 6.82. The van der Waals surface area contributed by atoms with Gasteiger partial charge < -0.3 is 34.9 Å². The van der Waals surface area contributed by atoms with Gasteiger partial charge in [-0.25, -0.2) is 19.3 Å². The molecule has 3 N–H and O–H groups in total. The Morgan fingerprint density at radius 1 is 1.12 bits per heavy atom. The number of allylic oxidation sites excluding steroid dienone is 1. The summed E-state index contributed by atoms with van der Waals surface area (Å²) in [5.74, 6) is -0.962. The Balaban J connectivity index is 1.34. The lowest BCUT2D eigenvalue weighted by Crippen LogP contribution is -2.56. The Kier molecular flexibility index (Phi) is 9.96. The number of rotatable bonds is 6. The van der Waals surface area contributed by atoms with Crippen LogP contribution in [0.5, 0.6) is 11.5 Å². The van der Waals surface area contributed by atoms with E-state index in [-0.39, 0.29) is 25.3 Å². The van der Waals surface area contributed by atoms with Crippen molar-refractivity contribution in [3.63, 3.8) is 0 Å². The minimum atomic E-state index is -1.45. The van der Waals surface area contributed by atoms with Gasteiger partial charge in [0.15, 0.2) is 5.82 Å². The zero-order valence-electron chi connectivity index (χ0n) is 29.7. The van der Waals surface area contributed by atoms with E-state index in [4.69, 9.17) is 19.2 Å². The van der Waals surface area contributed by atoms with Gasteiger partial charge in [0.25, 0.3) is 0 Å². The number of aryl methyl sites for hydroxylation is 1. The number of fused-ring (bicyclic) bond motifs is 3. The molecule has 3 aromatic rings. The summed E-state index contributed by atoms with van der Waals surface area (Å²) in [6, 6.07) is 7.00. The first-order valence-corrected chi connectivity index (χ1v) is 17.5. The Morgan fingerprint density at radius 2 is 1.92 bits per heavy atom. The lowest BCUT2D eigenvalue weighted by molar-refractivity contribution is -0.145. The van der Waals surface area contributed by atoms with Crippen molar-refractivity contribution < 1.29 is 38.5 Å². The highest BCUT2D eigenvalue weighted by atomic mass is 16.6. The number of carbonyl (C=O) groups excluding carboxylic acids is 3. The van der Waals surface area contributed by atoms with Gasteiger partial charge in [-0.1, -0.05) is 25.0 Å². The second-order valence-corrected chi connectivity index (χ2v) is 14.6. The number of ether oxygens (including phenoxy) is 3. The average Bonchev–Trinajstić information content (AvgIpc) is 3.34. The van der Waals surface area contributed by atoms with Crippen LogP contribution in [0.4, 0.5) is 4.79 Å². The molecule has 0 spiro atoms. The molecular formula is C37H46N6O8. The van der Waals surface area contributed by atoms with Crippen LogP contribution in [0.1, 0.15) is 71.4 Å². The lowest BCUT2D eigenvalue weighted by atomic mass is 10.0. The number of methoxy groups -OCH3 is 1. The number of carboxylic acids is 1. The summed E-state index contributed by atoms with van der Waals surface area (Å²) >= 11 is 0. The van der Waals surface area contributed by atoms with Crippen LogP contribution >= 0.6 is 0 Å². The zero-order valence-corrected chi connectivity index (χ0v) is 29.7. The molecule has 2 aliphatic heterocycles. The molecule has 1 saturated heterocycles. The molecule has 14 heteroatoms. The number of aromatic nitrogens is 3. The lowest BCUT2D eigenvalue weighted by Gasteiger charge is -2.30. The Morgan fingerprint density at radius 3 is 2.63 bits per heavy atom. The third-order valence-corrected chi connectivity index (χ3v) is 9.53. The van der Waals surface area contributed by atoms with Crippen LogP contribution in [0, 0.1) is 12.8 Å². The number of amides is 3. The summed E-state index contributed by atoms with van der Waals surface area (Å²) in [5, 5.41) is 20.9. The van der Waals surface area contributed by atoms with E-state index in [9.17, 15) is 24.3 Å². The number of hydrogen-bond donors (Lipinski definition) is 3. The highest BCUT2D eigenvalue weighted by molar-refractivity contribution is 5.96. The second kappa shape index (κ2) is 14.2. The first kappa shape index (κ1) is 35.7. The van der Waals surface area contributed by atoms with Gasteiger partial charge in [0.05, 0.1) is 24.9 Å². The molecule has 1 saturated carbocycles. The van der Waals surface area contributed by atoms with Crippen LogP contribution < -0.4 is 20.1 Å². The van der Waals surface area contributed by atoms with Crippen molar-refractivity contribution in [2.24, 2.45) is 5.92 Å². The standard InChI is InChI=1S/C37H46N6O8/c1-22-15-16-43(41-22)31-19-30(26-14-13-24(49-5)17-28(26)38-31)50-25-18-29-32(44)40-37(34(46)47)20-23(37)11-9-7-6-8-10-12-27(33(45)42(29)21-25)39-35(48)51-36(2,3)4/h9,11,13-17,19,23,25,27,29H,6-8,10,12,18,20-21H2,1-5H3,(H,39,48)(H,40,44)(H,46,47)/t23?,25-,27+,29+,37-/m1/s1. The molecule has 0 bridgehead atoms. The number of benzene rings is 1. The van der Waals surface area contributed by atoms with Gasteiger partial charge in [-0.05, 0) is 71.6 Å². The minimum absolute atomic E-state index is 0.0169. The van der Waals surface area contributed by atoms with Crippen molar-refractivity contribution in [1.29, 1.82) is 0 Å². The van der Waals surface area contributed by atoms with E-state index < -0.39 is 53.2 Å². The zero-order chi connectivity index (χ0) is 36.5. The maximum atomic E-state index is 14.4. The van der Waals surface area contributed by atoms with Crippen LogP contribution in [0.25, 0.3) is 16.7 Å². The highest BCUT2D eigenvalue weighted by Gasteiger charge is 2.61. The van der Waals surface area contributed by atoms with Gasteiger partial charge >= 0.3 is 12.1 Å². The quantitative estimate of drug-likeness (QED) is 0.311. The number of pyridine rings is 1. The number of nitrogens with one attached hydrogen (secondary N) is 2. The maximum absolute atomic E-state index is 14.4. The number of hydrogen-bond acceptors (Lipinski definition) is 9. The van der Waals surface area contributed by atoms with Crippen LogP contribution in [0.3, 0.4) is 0 Å². The SMILES string of the molecule is COc1ccc2c(O[C@@H]3C[C@H]4C(=O)N[C@]5(C(=O)O)CC5C=CCCCCC[C@H](NC(=O)OC(C)(C)C)C(=O)N4C3)cc(-n3ccc(C)n3)nc2c1. The van der Waals surface area contributed by atoms with Crippen LogP contribution in [0.2, 0.25) is 0 Å². The summed E-state index contributed by atoms with van der Waals surface area (Å²) in [6.07, 6.45) is 7.91. The number of aliphatic carboxylic acids is 1. The van der Waals surface area contributed by atoms with E-state index in [1.807, 2.05) is 31.2 Å². The predicted molar refractivity (Wildman–Crippen MR) is 187 cm³/mol. The molecule has 3 aliphatic rings. The number of alkyl carbamates (subject to hydrolysis) is 1. The average molecular weight is 703 g/mol. The van der Waals surface area contributed by atoms with Crippen molar-refractivity contribution in [3.05, 3.63) is 54.4 Å². The molecular weight excluding hydrogens is 656 g/mol. The Bertz CT molecular complexity index is 1850. The predicted octanol–water partition coefficient (Wildman–Crippen LogP) is 4.46. The molecule has 51 heavy (non-hydrogen) atoms. The third-order valence-electron chi connectivity index (χ3n) is 9.53. The number of carboxylic acid groups (broad SMARTS) is 1. The molecule has 14 nitrogen and oxygen atoms in total. The first-order chi connectivity index (χ1) is 24.3. The van der Waals surface area contributed by atoms with E-state index >= 15 is 0 Å². The molecule has 1 unspecified atom stereocenters. The molecule has 4 heterocycles. The van der Waals surface area contributed by atoms with E-state index in [2.05, 4.69) is 15.7 Å². The van der Waals surface area contributed by atoms with Crippen LogP contribution in [0.15, 0.2) is 48.7 Å². The second-order valence-electron chi connectivity index (χ2n) is 14.6. The fourth-order valence-electron chi connectivity index (χ4n) is 6.82. The topological polar surface area (TPSA) is 174 Å². The summed E-state index contributed by atoms with van der Waals surface area (Å²) in [7, 11) is 1.57. The molecule has 5 atom stereocenters. The van der Waals surface area contributed by atoms with Gasteiger partial charge in [0.2, 0.25) is 11.8 Å². The molecule has 1 aliphatic carbocycles. The Hall–Kier alpha value is -5.14. The summed E-state index contributed by atoms with van der Waals surface area (Å²) in [6.45, 7) is 7.11. The van der Waals surface area contributed by atoms with Gasteiger partial charge in [0, 0.05) is 36.1 Å². The third kappa shape index (κ3) is 7.94. The molecule has 3 amide bonds. The van der Waals surface area contributed by atoms with Crippen molar-refractivity contribution in [3.8, 4) is 17.3 Å². The molecule has 1 aromatic carbocycles. The molecule has 2 aromatic heterocycles. The van der Waals surface area contributed by atoms with E-state index in [0.29, 0.717) is 41.1 Å². The fraction of sp³-hybridized carbons (Fsp3) is 0.514. The summed E-state index contributed by atoms with van der Waals surface area (Å²) < 4.78 is 19.2. The van der Waals surface area contributed by atoms with E-state index in [1.165, 1.54) is 4.90 Å². The van der Waals surface area contributed by atoms with Gasteiger partial charge in [-0.2, -0.15) is 5.10 Å². The normalized spacial score (nSPS) is 25.5.